The van der Waals surface area contributed by atoms with E-state index in [2.05, 4.69) is 11.9 Å². The third kappa shape index (κ3) is 4.46. The summed E-state index contributed by atoms with van der Waals surface area (Å²) in [6.07, 6.45) is 1.72. The molecule has 1 saturated heterocycles. The summed E-state index contributed by atoms with van der Waals surface area (Å²) in [5.41, 5.74) is 0. The van der Waals surface area contributed by atoms with E-state index in [1.165, 1.54) is 7.11 Å². The highest BCUT2D eigenvalue weighted by Crippen LogP contribution is 2.02. The highest BCUT2D eigenvalue weighted by molar-refractivity contribution is 5.80. The van der Waals surface area contributed by atoms with Crippen LogP contribution in [0.5, 0.6) is 0 Å². The molecule has 0 spiro atoms. The Morgan fingerprint density at radius 1 is 1.22 bits per heavy atom. The van der Waals surface area contributed by atoms with Crippen LogP contribution in [0.2, 0.25) is 0 Å². The van der Waals surface area contributed by atoms with Crippen LogP contribution in [0.1, 0.15) is 0 Å². The number of piperazine rings is 1. The van der Waals surface area contributed by atoms with E-state index in [4.69, 9.17) is 4.74 Å². The summed E-state index contributed by atoms with van der Waals surface area (Å²) in [5.74, 6) is 0.0464. The van der Waals surface area contributed by atoms with Gasteiger partial charge in [-0.15, -0.1) is 6.58 Å². The zero-order chi connectivity index (χ0) is 13.4. The van der Waals surface area contributed by atoms with E-state index in [9.17, 15) is 9.59 Å². The van der Waals surface area contributed by atoms with Crippen molar-refractivity contribution in [3.63, 3.8) is 0 Å². The predicted octanol–water partition coefficient (Wildman–Crippen LogP) is -0.921. The molecule has 1 aliphatic rings. The van der Waals surface area contributed by atoms with Gasteiger partial charge in [-0.25, -0.2) is 0 Å². The normalized spacial score (nSPS) is 15.6. The van der Waals surface area contributed by atoms with Crippen molar-refractivity contribution in [1.82, 2.24) is 15.1 Å². The molecular weight excluding hydrogens is 234 g/mol. The monoisotopic (exact) mass is 255 g/mol. The van der Waals surface area contributed by atoms with E-state index in [1.807, 2.05) is 0 Å². The Morgan fingerprint density at radius 3 is 2.28 bits per heavy atom. The third-order valence-corrected chi connectivity index (χ3v) is 2.82. The van der Waals surface area contributed by atoms with Gasteiger partial charge in [0.1, 0.15) is 6.61 Å². The van der Waals surface area contributed by atoms with Gasteiger partial charge in [0, 0.05) is 39.8 Å². The first kappa shape index (κ1) is 14.7. The Balaban J connectivity index is 2.28. The molecular formula is C12H21N3O3. The van der Waals surface area contributed by atoms with Gasteiger partial charge in [0.2, 0.25) is 11.8 Å². The summed E-state index contributed by atoms with van der Waals surface area (Å²) >= 11 is 0. The molecule has 0 aromatic rings. The number of nitrogens with zero attached hydrogens (tertiary/aromatic N) is 2. The molecule has 0 aliphatic carbocycles. The minimum absolute atomic E-state index is 0.0191. The van der Waals surface area contributed by atoms with Gasteiger partial charge in [0.05, 0.1) is 6.54 Å². The number of hydrogen-bond acceptors (Lipinski definition) is 4. The molecule has 6 heteroatoms. The van der Waals surface area contributed by atoms with Crippen molar-refractivity contribution in [1.29, 1.82) is 0 Å². The number of methoxy groups -OCH3 is 1. The first-order chi connectivity index (χ1) is 8.69. The van der Waals surface area contributed by atoms with Crippen molar-refractivity contribution in [3.8, 4) is 0 Å². The van der Waals surface area contributed by atoms with Crippen LogP contribution < -0.4 is 5.32 Å². The van der Waals surface area contributed by atoms with E-state index in [1.54, 1.807) is 15.9 Å². The van der Waals surface area contributed by atoms with Gasteiger partial charge < -0.3 is 19.9 Å². The second-order valence-electron chi connectivity index (χ2n) is 4.11. The summed E-state index contributed by atoms with van der Waals surface area (Å²) in [6, 6.07) is 0. The molecule has 1 heterocycles. The van der Waals surface area contributed by atoms with Crippen molar-refractivity contribution in [2.75, 3.05) is 53.0 Å². The van der Waals surface area contributed by atoms with Gasteiger partial charge in [-0.05, 0) is 0 Å². The molecule has 2 amide bonds. The van der Waals surface area contributed by atoms with Gasteiger partial charge in [0.15, 0.2) is 0 Å². The van der Waals surface area contributed by atoms with Crippen LogP contribution in [0, 0.1) is 0 Å². The zero-order valence-electron chi connectivity index (χ0n) is 10.9. The minimum atomic E-state index is -0.0191. The highest BCUT2D eigenvalue weighted by atomic mass is 16.5. The average Bonchev–Trinajstić information content (AvgIpc) is 2.39. The number of carbonyl (C=O) groups is 2. The number of rotatable bonds is 6. The van der Waals surface area contributed by atoms with E-state index in [0.29, 0.717) is 39.3 Å². The van der Waals surface area contributed by atoms with Gasteiger partial charge in [-0.1, -0.05) is 6.08 Å². The molecule has 1 N–H and O–H groups in total. The van der Waals surface area contributed by atoms with E-state index >= 15 is 0 Å². The van der Waals surface area contributed by atoms with Crippen LogP contribution in [0.25, 0.3) is 0 Å². The molecule has 102 valence electrons. The maximum atomic E-state index is 11.8. The lowest BCUT2D eigenvalue weighted by molar-refractivity contribution is -0.141. The smallest absolute Gasteiger partial charge is 0.248 e. The highest BCUT2D eigenvalue weighted by Gasteiger charge is 2.23. The fourth-order valence-electron chi connectivity index (χ4n) is 1.81. The maximum Gasteiger partial charge on any atom is 0.248 e. The molecule has 0 aromatic heterocycles. The number of nitrogens with one attached hydrogen (secondary N) is 1. The molecule has 1 aliphatic heterocycles. The standard InChI is InChI=1S/C12H21N3O3/c1-3-4-13-9-11(16)14-5-7-15(8-6-14)12(17)10-18-2/h3,13H,1,4-10H2,2H3. The number of hydrogen-bond donors (Lipinski definition) is 1. The van der Waals surface area contributed by atoms with Crippen molar-refractivity contribution in [2.24, 2.45) is 0 Å². The first-order valence-electron chi connectivity index (χ1n) is 6.05. The molecule has 0 atom stereocenters. The number of ether oxygens (including phenoxy) is 1. The fraction of sp³-hybridized carbons (Fsp3) is 0.667. The van der Waals surface area contributed by atoms with Crippen LogP contribution >= 0.6 is 0 Å². The molecule has 0 bridgehead atoms. The van der Waals surface area contributed by atoms with Crippen LogP contribution in [0.4, 0.5) is 0 Å². The second-order valence-corrected chi connectivity index (χ2v) is 4.11. The zero-order valence-corrected chi connectivity index (χ0v) is 10.9. The average molecular weight is 255 g/mol. The Kier molecular flexibility index (Phi) is 6.38. The first-order valence-corrected chi connectivity index (χ1v) is 6.05. The lowest BCUT2D eigenvalue weighted by Gasteiger charge is -2.34. The summed E-state index contributed by atoms with van der Waals surface area (Å²) in [7, 11) is 1.50. The van der Waals surface area contributed by atoms with Gasteiger partial charge >= 0.3 is 0 Å². The maximum absolute atomic E-state index is 11.8. The van der Waals surface area contributed by atoms with Crippen LogP contribution in [0.3, 0.4) is 0 Å². The Bertz CT molecular complexity index is 299. The molecule has 1 fully saturated rings. The van der Waals surface area contributed by atoms with E-state index in [0.717, 1.165) is 0 Å². The molecule has 0 unspecified atom stereocenters. The molecule has 0 aromatic carbocycles. The molecule has 1 rings (SSSR count). The number of amides is 2. The number of carbonyl (C=O) groups excluding carboxylic acids is 2. The quantitative estimate of drug-likeness (QED) is 0.492. The van der Waals surface area contributed by atoms with Crippen LogP contribution in [-0.2, 0) is 14.3 Å². The Morgan fingerprint density at radius 2 is 1.78 bits per heavy atom. The lowest BCUT2D eigenvalue weighted by atomic mass is 10.3. The van der Waals surface area contributed by atoms with Crippen molar-refractivity contribution in [2.45, 2.75) is 0 Å². The molecule has 6 nitrogen and oxygen atoms in total. The fourth-order valence-corrected chi connectivity index (χ4v) is 1.81. The summed E-state index contributed by atoms with van der Waals surface area (Å²) < 4.78 is 4.81. The molecule has 0 radical (unpaired) electrons. The van der Waals surface area contributed by atoms with Gasteiger partial charge in [0.25, 0.3) is 0 Å². The predicted molar refractivity (Wildman–Crippen MR) is 68.1 cm³/mol. The van der Waals surface area contributed by atoms with Crippen LogP contribution in [-0.4, -0.2) is 74.6 Å². The Hall–Kier alpha value is -1.40. The largest absolute Gasteiger partial charge is 0.375 e. The minimum Gasteiger partial charge on any atom is -0.375 e. The van der Waals surface area contributed by atoms with Crippen LogP contribution in [0.15, 0.2) is 12.7 Å². The summed E-state index contributed by atoms with van der Waals surface area (Å²) in [5, 5.41) is 2.98. The lowest BCUT2D eigenvalue weighted by Crippen LogP contribution is -2.52. The topological polar surface area (TPSA) is 61.9 Å². The summed E-state index contributed by atoms with van der Waals surface area (Å²) in [6.45, 7) is 6.95. The van der Waals surface area contributed by atoms with E-state index < -0.39 is 0 Å². The van der Waals surface area contributed by atoms with Gasteiger partial charge in [-0.2, -0.15) is 0 Å². The Labute approximate surface area is 108 Å². The molecule has 18 heavy (non-hydrogen) atoms. The van der Waals surface area contributed by atoms with Crippen molar-refractivity contribution < 1.29 is 14.3 Å². The van der Waals surface area contributed by atoms with Crippen molar-refractivity contribution in [3.05, 3.63) is 12.7 Å². The molecule has 0 saturated carbocycles. The SMILES string of the molecule is C=CCNCC(=O)N1CCN(C(=O)COC)CC1. The van der Waals surface area contributed by atoms with E-state index in [-0.39, 0.29) is 18.4 Å². The van der Waals surface area contributed by atoms with Crippen molar-refractivity contribution >= 4 is 11.8 Å². The van der Waals surface area contributed by atoms with Gasteiger partial charge in [-0.3, -0.25) is 9.59 Å². The third-order valence-electron chi connectivity index (χ3n) is 2.82. The second kappa shape index (κ2) is 7.84. The summed E-state index contributed by atoms with van der Waals surface area (Å²) in [4.78, 5) is 26.8.